The smallest absolute Gasteiger partial charge is 0.322 e. The fourth-order valence-corrected chi connectivity index (χ4v) is 2.80. The minimum Gasteiger partial charge on any atom is -0.480 e. The summed E-state index contributed by atoms with van der Waals surface area (Å²) >= 11 is 0. The third-order valence-electron chi connectivity index (χ3n) is 2.76. The Morgan fingerprint density at radius 1 is 1.52 bits per heavy atom. The molecule has 0 saturated heterocycles. The second kappa shape index (κ2) is 6.68. The zero-order valence-corrected chi connectivity index (χ0v) is 12.7. The molecule has 2 N–H and O–H groups in total. The summed E-state index contributed by atoms with van der Waals surface area (Å²) in [7, 11) is -3.06. The predicted molar refractivity (Wildman–Crippen MR) is 71.0 cm³/mol. The van der Waals surface area contributed by atoms with Gasteiger partial charge < -0.3 is 14.4 Å². The number of carbonyl (C=O) groups excluding carboxylic acids is 1. The summed E-state index contributed by atoms with van der Waals surface area (Å²) in [6.07, 6.45) is 0.688. The van der Waals surface area contributed by atoms with Gasteiger partial charge in [-0.3, -0.25) is 9.59 Å². The van der Waals surface area contributed by atoms with Crippen molar-refractivity contribution in [2.75, 3.05) is 7.11 Å². The van der Waals surface area contributed by atoms with E-state index < -0.39 is 34.4 Å². The zero-order chi connectivity index (χ0) is 16.2. The summed E-state index contributed by atoms with van der Waals surface area (Å²) in [5, 5.41) is 8.68. The SMILES string of the molecule is CCn1cc(S(=O)(=O)N[C@@H](CC(=O)OC)C(=O)O)nc1C. The highest BCUT2D eigenvalue weighted by molar-refractivity contribution is 7.89. The van der Waals surface area contributed by atoms with Crippen LogP contribution in [0.15, 0.2) is 11.2 Å². The van der Waals surface area contributed by atoms with E-state index in [4.69, 9.17) is 5.11 Å². The quantitative estimate of drug-likeness (QED) is 0.649. The number of aromatic nitrogens is 2. The van der Waals surface area contributed by atoms with Crippen LogP contribution < -0.4 is 4.72 Å². The van der Waals surface area contributed by atoms with E-state index in [2.05, 4.69) is 9.72 Å². The number of nitrogens with zero attached hydrogens (tertiary/aromatic N) is 2. The Morgan fingerprint density at radius 2 is 2.14 bits per heavy atom. The molecule has 1 aromatic heterocycles. The standard InChI is InChI=1S/C11H17N3O6S/c1-4-14-6-9(12-7(14)2)21(18,19)13-8(11(16)17)5-10(15)20-3/h6,8,13H,4-5H2,1-3H3,(H,16,17)/t8-/m0/s1. The first-order valence-corrected chi connectivity index (χ1v) is 7.55. The first-order chi connectivity index (χ1) is 9.71. The van der Waals surface area contributed by atoms with Gasteiger partial charge in [0.1, 0.15) is 11.9 Å². The molecule has 0 fully saturated rings. The third-order valence-corrected chi connectivity index (χ3v) is 4.11. The minimum atomic E-state index is -4.14. The van der Waals surface area contributed by atoms with Crippen molar-refractivity contribution in [1.29, 1.82) is 0 Å². The number of aliphatic carboxylic acids is 1. The topological polar surface area (TPSA) is 128 Å². The Balaban J connectivity index is 3.00. The maximum absolute atomic E-state index is 12.1. The highest BCUT2D eigenvalue weighted by atomic mass is 32.2. The van der Waals surface area contributed by atoms with Gasteiger partial charge in [-0.15, -0.1) is 0 Å². The second-order valence-electron chi connectivity index (χ2n) is 4.20. The number of imidazole rings is 1. The number of hydrogen-bond acceptors (Lipinski definition) is 6. The van der Waals surface area contributed by atoms with Crippen molar-refractivity contribution in [2.24, 2.45) is 0 Å². The van der Waals surface area contributed by atoms with Gasteiger partial charge in [0, 0.05) is 12.7 Å². The van der Waals surface area contributed by atoms with Gasteiger partial charge in [0.25, 0.3) is 10.0 Å². The largest absolute Gasteiger partial charge is 0.480 e. The summed E-state index contributed by atoms with van der Waals surface area (Å²) < 4.78 is 32.1. The van der Waals surface area contributed by atoms with Gasteiger partial charge in [0.2, 0.25) is 0 Å². The number of rotatable bonds is 7. The lowest BCUT2D eigenvalue weighted by Gasteiger charge is -2.12. The van der Waals surface area contributed by atoms with Crippen LogP contribution in [-0.4, -0.2) is 48.2 Å². The van der Waals surface area contributed by atoms with Crippen molar-refractivity contribution in [2.45, 2.75) is 37.9 Å². The summed E-state index contributed by atoms with van der Waals surface area (Å²) in [4.78, 5) is 26.0. The van der Waals surface area contributed by atoms with Crippen molar-refractivity contribution in [1.82, 2.24) is 14.3 Å². The van der Waals surface area contributed by atoms with E-state index >= 15 is 0 Å². The van der Waals surface area contributed by atoms with E-state index in [1.165, 1.54) is 6.20 Å². The fraction of sp³-hybridized carbons (Fsp3) is 0.545. The molecule has 1 atom stereocenters. The molecule has 0 saturated carbocycles. The van der Waals surface area contributed by atoms with Crippen LogP contribution in [0.3, 0.4) is 0 Å². The highest BCUT2D eigenvalue weighted by Gasteiger charge is 2.29. The molecule has 1 aromatic rings. The molecule has 0 aliphatic carbocycles. The van der Waals surface area contributed by atoms with Crippen LogP contribution in [0.2, 0.25) is 0 Å². The summed E-state index contributed by atoms with van der Waals surface area (Å²) in [6, 6.07) is -1.62. The molecule has 0 radical (unpaired) electrons. The minimum absolute atomic E-state index is 0.294. The molecule has 0 aliphatic rings. The number of nitrogens with one attached hydrogen (secondary N) is 1. The van der Waals surface area contributed by atoms with Crippen LogP contribution in [0.5, 0.6) is 0 Å². The van der Waals surface area contributed by atoms with Crippen molar-refractivity contribution in [3.05, 3.63) is 12.0 Å². The van der Waals surface area contributed by atoms with Crippen LogP contribution in [0.1, 0.15) is 19.2 Å². The molecule has 0 aliphatic heterocycles. The Kier molecular flexibility index (Phi) is 5.44. The lowest BCUT2D eigenvalue weighted by Crippen LogP contribution is -2.42. The monoisotopic (exact) mass is 319 g/mol. The van der Waals surface area contributed by atoms with Crippen molar-refractivity contribution < 1.29 is 27.9 Å². The average Bonchev–Trinajstić information content (AvgIpc) is 2.79. The molecule has 1 rings (SSSR count). The molecular weight excluding hydrogens is 302 g/mol. The highest BCUT2D eigenvalue weighted by Crippen LogP contribution is 2.10. The number of aryl methyl sites for hydroxylation is 2. The van der Waals surface area contributed by atoms with Gasteiger partial charge in [-0.2, -0.15) is 4.72 Å². The molecule has 10 heteroatoms. The van der Waals surface area contributed by atoms with Crippen LogP contribution in [-0.2, 0) is 30.9 Å². The lowest BCUT2D eigenvalue weighted by atomic mass is 10.2. The van der Waals surface area contributed by atoms with Gasteiger partial charge in [-0.05, 0) is 13.8 Å². The van der Waals surface area contributed by atoms with E-state index in [1.807, 2.05) is 11.6 Å². The van der Waals surface area contributed by atoms with Gasteiger partial charge in [0.05, 0.1) is 13.5 Å². The van der Waals surface area contributed by atoms with E-state index in [9.17, 15) is 18.0 Å². The van der Waals surface area contributed by atoms with Crippen molar-refractivity contribution in [3.63, 3.8) is 0 Å². The first kappa shape index (κ1) is 17.1. The molecule has 0 amide bonds. The summed E-state index contributed by atoms with van der Waals surface area (Å²) in [5.41, 5.74) is 0. The van der Waals surface area contributed by atoms with Gasteiger partial charge in [-0.1, -0.05) is 0 Å². The molecule has 21 heavy (non-hydrogen) atoms. The predicted octanol–water partition coefficient (Wildman–Crippen LogP) is -0.494. The molecule has 1 heterocycles. The number of carbonyl (C=O) groups is 2. The number of methoxy groups -OCH3 is 1. The Hall–Kier alpha value is -1.94. The normalized spacial score (nSPS) is 12.9. The van der Waals surface area contributed by atoms with Crippen LogP contribution in [0.4, 0.5) is 0 Å². The van der Waals surface area contributed by atoms with E-state index in [-0.39, 0.29) is 5.03 Å². The van der Waals surface area contributed by atoms with E-state index in [0.29, 0.717) is 12.4 Å². The van der Waals surface area contributed by atoms with Crippen LogP contribution in [0.25, 0.3) is 0 Å². The molecule has 0 bridgehead atoms. The Bertz CT molecular complexity index is 636. The number of esters is 1. The third kappa shape index (κ3) is 4.26. The molecule has 9 nitrogen and oxygen atoms in total. The number of carboxylic acids is 1. The Labute approximate surface area is 122 Å². The van der Waals surface area contributed by atoms with Crippen LogP contribution >= 0.6 is 0 Å². The molecule has 0 spiro atoms. The van der Waals surface area contributed by atoms with Crippen molar-refractivity contribution in [3.8, 4) is 0 Å². The Morgan fingerprint density at radius 3 is 2.57 bits per heavy atom. The molecule has 0 aromatic carbocycles. The molecular formula is C11H17N3O6S. The fourth-order valence-electron chi connectivity index (χ4n) is 1.61. The number of ether oxygens (including phenoxy) is 1. The van der Waals surface area contributed by atoms with Crippen LogP contribution in [0, 0.1) is 6.92 Å². The molecule has 118 valence electrons. The average molecular weight is 319 g/mol. The lowest BCUT2D eigenvalue weighted by molar-refractivity contribution is -0.147. The van der Waals surface area contributed by atoms with Gasteiger partial charge >= 0.3 is 11.9 Å². The maximum Gasteiger partial charge on any atom is 0.322 e. The number of hydrogen-bond donors (Lipinski definition) is 2. The van der Waals surface area contributed by atoms with E-state index in [1.54, 1.807) is 11.5 Å². The van der Waals surface area contributed by atoms with Gasteiger partial charge in [0.15, 0.2) is 5.03 Å². The van der Waals surface area contributed by atoms with E-state index in [0.717, 1.165) is 7.11 Å². The number of carboxylic acid groups (broad SMARTS) is 1. The summed E-state index contributed by atoms with van der Waals surface area (Å²) in [6.45, 7) is 3.97. The first-order valence-electron chi connectivity index (χ1n) is 6.07. The summed E-state index contributed by atoms with van der Waals surface area (Å²) in [5.74, 6) is -1.83. The van der Waals surface area contributed by atoms with Crippen molar-refractivity contribution >= 4 is 22.0 Å². The van der Waals surface area contributed by atoms with Gasteiger partial charge in [-0.25, -0.2) is 13.4 Å². The molecule has 0 unspecified atom stereocenters. The zero-order valence-electron chi connectivity index (χ0n) is 11.9. The maximum atomic E-state index is 12.1. The second-order valence-corrected chi connectivity index (χ2v) is 5.87. The number of sulfonamides is 1.